The lowest BCUT2D eigenvalue weighted by molar-refractivity contribution is 0.409. The molecule has 0 aliphatic carbocycles. The van der Waals surface area contributed by atoms with Crippen LogP contribution in [0.2, 0.25) is 0 Å². The van der Waals surface area contributed by atoms with E-state index in [0.29, 0.717) is 0 Å². The molecule has 1 aromatic rings. The minimum Gasteiger partial charge on any atom is -0.311 e. The van der Waals surface area contributed by atoms with Crippen LogP contribution in [0.1, 0.15) is 24.9 Å². The second-order valence-corrected chi connectivity index (χ2v) is 3.99. The lowest BCUT2D eigenvalue weighted by Crippen LogP contribution is -2.19. The van der Waals surface area contributed by atoms with E-state index in [0.717, 1.165) is 37.3 Å². The van der Waals surface area contributed by atoms with E-state index in [1.54, 1.807) is 6.07 Å². The first kappa shape index (κ1) is 11.9. The minimum atomic E-state index is -0.0396. The van der Waals surface area contributed by atoms with Crippen LogP contribution in [0.5, 0.6) is 0 Å². The summed E-state index contributed by atoms with van der Waals surface area (Å²) >= 11 is 0. The summed E-state index contributed by atoms with van der Waals surface area (Å²) in [7, 11) is 4.02. The highest BCUT2D eigenvalue weighted by atomic mass is 16.1. The molecule has 84 valence electrons. The Hall–Kier alpha value is -1.16. The molecule has 1 aromatic heterocycles. The van der Waals surface area contributed by atoms with Gasteiger partial charge in [0.2, 0.25) is 0 Å². The molecule has 0 amide bonds. The van der Waals surface area contributed by atoms with Gasteiger partial charge < -0.3 is 9.88 Å². The molecule has 1 heterocycles. The molecule has 0 aromatic carbocycles. The minimum absolute atomic E-state index is 0.0396. The van der Waals surface area contributed by atoms with E-state index in [9.17, 15) is 4.79 Å². The van der Waals surface area contributed by atoms with E-state index in [-0.39, 0.29) is 5.56 Å². The Morgan fingerprint density at radius 1 is 1.40 bits per heavy atom. The normalized spacial score (nSPS) is 10.9. The molecule has 0 bridgehead atoms. The van der Waals surface area contributed by atoms with Gasteiger partial charge in [0.1, 0.15) is 5.82 Å². The second kappa shape index (κ2) is 5.66. The molecule has 4 nitrogen and oxygen atoms in total. The monoisotopic (exact) mass is 209 g/mol. The van der Waals surface area contributed by atoms with Gasteiger partial charge in [0, 0.05) is 24.7 Å². The zero-order valence-electron chi connectivity index (χ0n) is 9.71. The van der Waals surface area contributed by atoms with Crippen LogP contribution < -0.4 is 5.56 Å². The summed E-state index contributed by atoms with van der Waals surface area (Å²) < 4.78 is 0. The Bertz CT molecular complexity index is 357. The van der Waals surface area contributed by atoms with Crippen LogP contribution in [0, 0.1) is 0 Å². The predicted octanol–water partition coefficient (Wildman–Crippen LogP) is 0.827. The van der Waals surface area contributed by atoms with Crippen LogP contribution in [0.4, 0.5) is 0 Å². The number of aromatic amines is 1. The van der Waals surface area contributed by atoms with Gasteiger partial charge in [-0.05, 0) is 20.5 Å². The Kier molecular flexibility index (Phi) is 4.49. The highest BCUT2D eigenvalue weighted by Crippen LogP contribution is 1.97. The van der Waals surface area contributed by atoms with E-state index in [4.69, 9.17) is 0 Å². The van der Waals surface area contributed by atoms with Crippen LogP contribution in [0.25, 0.3) is 0 Å². The number of rotatable bonds is 5. The van der Waals surface area contributed by atoms with E-state index in [1.165, 1.54) is 0 Å². The van der Waals surface area contributed by atoms with Gasteiger partial charge in [0.25, 0.3) is 5.56 Å². The number of hydrogen-bond donors (Lipinski definition) is 1. The summed E-state index contributed by atoms with van der Waals surface area (Å²) in [6, 6.07) is 1.59. The van der Waals surface area contributed by atoms with Crippen molar-refractivity contribution >= 4 is 0 Å². The highest BCUT2D eigenvalue weighted by molar-refractivity contribution is 5.03. The Morgan fingerprint density at radius 3 is 2.73 bits per heavy atom. The number of nitrogens with one attached hydrogen (secondary N) is 1. The molecule has 0 fully saturated rings. The second-order valence-electron chi connectivity index (χ2n) is 3.99. The summed E-state index contributed by atoms with van der Waals surface area (Å²) in [4.78, 5) is 20.6. The van der Waals surface area contributed by atoms with Crippen molar-refractivity contribution in [1.29, 1.82) is 0 Å². The predicted molar refractivity (Wildman–Crippen MR) is 61.1 cm³/mol. The van der Waals surface area contributed by atoms with Gasteiger partial charge in [-0.3, -0.25) is 4.79 Å². The topological polar surface area (TPSA) is 49.0 Å². The standard InChI is InChI=1S/C11H19N3O/c1-4-5-9-8-11(15)13-10(12-9)6-7-14(2)3/h8H,4-7H2,1-3H3,(H,12,13,15). The molecule has 0 atom stereocenters. The van der Waals surface area contributed by atoms with Gasteiger partial charge in [-0.1, -0.05) is 13.3 Å². The lowest BCUT2D eigenvalue weighted by Gasteiger charge is -2.08. The van der Waals surface area contributed by atoms with Gasteiger partial charge >= 0.3 is 0 Å². The number of hydrogen-bond acceptors (Lipinski definition) is 3. The van der Waals surface area contributed by atoms with E-state index < -0.39 is 0 Å². The number of aryl methyl sites for hydroxylation is 1. The first-order valence-corrected chi connectivity index (χ1v) is 5.35. The fourth-order valence-electron chi connectivity index (χ4n) is 1.40. The van der Waals surface area contributed by atoms with Gasteiger partial charge in [-0.25, -0.2) is 4.98 Å². The SMILES string of the molecule is CCCc1cc(=O)[nH]c(CCN(C)C)n1. The van der Waals surface area contributed by atoms with Gasteiger partial charge in [-0.15, -0.1) is 0 Å². The number of likely N-dealkylation sites (N-methyl/N-ethyl adjacent to an activating group) is 1. The van der Waals surface area contributed by atoms with Gasteiger partial charge in [0.05, 0.1) is 0 Å². The Balaban J connectivity index is 2.75. The molecule has 0 saturated heterocycles. The van der Waals surface area contributed by atoms with Crippen LogP contribution in [0.15, 0.2) is 10.9 Å². The van der Waals surface area contributed by atoms with E-state index in [2.05, 4.69) is 21.8 Å². The van der Waals surface area contributed by atoms with Gasteiger partial charge in [-0.2, -0.15) is 0 Å². The van der Waals surface area contributed by atoms with Crippen molar-refractivity contribution in [2.24, 2.45) is 0 Å². The lowest BCUT2D eigenvalue weighted by atomic mass is 10.2. The quantitative estimate of drug-likeness (QED) is 0.781. The van der Waals surface area contributed by atoms with Crippen LogP contribution >= 0.6 is 0 Å². The number of aromatic nitrogens is 2. The fraction of sp³-hybridized carbons (Fsp3) is 0.636. The van der Waals surface area contributed by atoms with Crippen molar-refractivity contribution in [3.05, 3.63) is 27.9 Å². The van der Waals surface area contributed by atoms with Crippen LogP contribution in [0.3, 0.4) is 0 Å². The van der Waals surface area contributed by atoms with Crippen molar-refractivity contribution in [3.63, 3.8) is 0 Å². The smallest absolute Gasteiger partial charge is 0.251 e. The third-order valence-corrected chi connectivity index (χ3v) is 2.15. The zero-order chi connectivity index (χ0) is 11.3. The third-order valence-electron chi connectivity index (χ3n) is 2.15. The number of nitrogens with zero attached hydrogens (tertiary/aromatic N) is 2. The summed E-state index contributed by atoms with van der Waals surface area (Å²) in [6.07, 6.45) is 2.68. The fourth-order valence-corrected chi connectivity index (χ4v) is 1.40. The average molecular weight is 209 g/mol. The van der Waals surface area contributed by atoms with Crippen LogP contribution in [-0.2, 0) is 12.8 Å². The summed E-state index contributed by atoms with van der Waals surface area (Å²) in [5, 5.41) is 0. The largest absolute Gasteiger partial charge is 0.311 e. The summed E-state index contributed by atoms with van der Waals surface area (Å²) in [5.74, 6) is 0.791. The zero-order valence-corrected chi connectivity index (χ0v) is 9.71. The Labute approximate surface area is 90.3 Å². The first-order valence-electron chi connectivity index (χ1n) is 5.35. The maximum atomic E-state index is 11.3. The van der Waals surface area contributed by atoms with Crippen molar-refractivity contribution in [3.8, 4) is 0 Å². The molecule has 15 heavy (non-hydrogen) atoms. The van der Waals surface area contributed by atoms with Crippen molar-refractivity contribution in [2.45, 2.75) is 26.2 Å². The molecule has 0 aliphatic heterocycles. The highest BCUT2D eigenvalue weighted by Gasteiger charge is 2.01. The molecular formula is C11H19N3O. The van der Waals surface area contributed by atoms with Crippen molar-refractivity contribution in [1.82, 2.24) is 14.9 Å². The average Bonchev–Trinajstić information content (AvgIpc) is 2.14. The number of H-pyrrole nitrogens is 1. The molecule has 1 N–H and O–H groups in total. The van der Waals surface area contributed by atoms with Crippen molar-refractivity contribution in [2.75, 3.05) is 20.6 Å². The molecule has 1 rings (SSSR count). The maximum Gasteiger partial charge on any atom is 0.251 e. The first-order chi connectivity index (χ1) is 7.11. The van der Waals surface area contributed by atoms with Crippen LogP contribution in [-0.4, -0.2) is 35.5 Å². The molecular weight excluding hydrogens is 190 g/mol. The molecule has 0 aliphatic rings. The van der Waals surface area contributed by atoms with E-state index in [1.807, 2.05) is 14.1 Å². The Morgan fingerprint density at radius 2 is 2.13 bits per heavy atom. The molecule has 0 radical (unpaired) electrons. The summed E-state index contributed by atoms with van der Waals surface area (Å²) in [5.41, 5.74) is 0.859. The van der Waals surface area contributed by atoms with Gasteiger partial charge in [0.15, 0.2) is 0 Å². The summed E-state index contributed by atoms with van der Waals surface area (Å²) in [6.45, 7) is 2.99. The molecule has 0 unspecified atom stereocenters. The maximum absolute atomic E-state index is 11.3. The molecule has 0 saturated carbocycles. The van der Waals surface area contributed by atoms with E-state index >= 15 is 0 Å². The third kappa shape index (κ3) is 4.25. The van der Waals surface area contributed by atoms with Crippen molar-refractivity contribution < 1.29 is 0 Å². The molecule has 0 spiro atoms. The molecule has 4 heteroatoms.